The molecule has 0 radical (unpaired) electrons. The Kier molecular flexibility index (Phi) is 5.67. The van der Waals surface area contributed by atoms with Crippen LogP contribution < -0.4 is 5.73 Å². The van der Waals surface area contributed by atoms with Gasteiger partial charge in [-0.15, -0.1) is 0 Å². The second kappa shape index (κ2) is 7.39. The van der Waals surface area contributed by atoms with Crippen LogP contribution in [0.15, 0.2) is 46.9 Å². The van der Waals surface area contributed by atoms with E-state index in [0.29, 0.717) is 10.0 Å². The van der Waals surface area contributed by atoms with Gasteiger partial charge in [-0.1, -0.05) is 30.4 Å². The lowest BCUT2D eigenvalue weighted by Crippen LogP contribution is -2.19. The molecule has 0 spiro atoms. The first-order valence-electron chi connectivity index (χ1n) is 7.20. The lowest BCUT2D eigenvalue weighted by molar-refractivity contribution is -0.139. The summed E-state index contributed by atoms with van der Waals surface area (Å²) in [5.74, 6) is -3.07. The van der Waals surface area contributed by atoms with Crippen molar-refractivity contribution >= 4 is 27.9 Å². The van der Waals surface area contributed by atoms with E-state index >= 15 is 0 Å². The summed E-state index contributed by atoms with van der Waals surface area (Å²) in [6, 6.07) is 7.75. The molecule has 0 bridgehead atoms. The SMILES string of the molecule is Cc1cc(C(/C=C/c2ccc(C(N)=O)c(Br)c2)C(F)(F)F)ccc1F. The predicted molar refractivity (Wildman–Crippen MR) is 91.6 cm³/mol. The molecule has 0 heterocycles. The number of halogens is 5. The van der Waals surface area contributed by atoms with Crippen molar-refractivity contribution in [1.29, 1.82) is 0 Å². The highest BCUT2D eigenvalue weighted by Crippen LogP contribution is 2.37. The Bertz CT molecular complexity index is 830. The highest BCUT2D eigenvalue weighted by atomic mass is 79.9. The van der Waals surface area contributed by atoms with Crippen LogP contribution in [-0.2, 0) is 0 Å². The average Bonchev–Trinajstić information content (AvgIpc) is 2.49. The summed E-state index contributed by atoms with van der Waals surface area (Å²) in [5.41, 5.74) is 5.98. The molecule has 0 aromatic heterocycles. The fourth-order valence-electron chi connectivity index (χ4n) is 2.31. The molecule has 0 aliphatic rings. The molecular weight excluding hydrogens is 402 g/mol. The van der Waals surface area contributed by atoms with Crippen molar-refractivity contribution in [3.05, 3.63) is 75.0 Å². The number of allylic oxidation sites excluding steroid dienone is 1. The third-order valence-corrected chi connectivity index (χ3v) is 4.29. The Morgan fingerprint density at radius 3 is 2.40 bits per heavy atom. The van der Waals surface area contributed by atoms with Gasteiger partial charge < -0.3 is 5.73 Å². The summed E-state index contributed by atoms with van der Waals surface area (Å²) in [6.45, 7) is 1.41. The number of carbonyl (C=O) groups is 1. The van der Waals surface area contributed by atoms with Crippen LogP contribution in [-0.4, -0.2) is 12.1 Å². The summed E-state index contributed by atoms with van der Waals surface area (Å²) in [7, 11) is 0. The minimum absolute atomic E-state index is 0.0459. The number of benzene rings is 2. The largest absolute Gasteiger partial charge is 0.399 e. The molecule has 0 saturated carbocycles. The van der Waals surface area contributed by atoms with Gasteiger partial charge in [0.15, 0.2) is 0 Å². The van der Waals surface area contributed by atoms with E-state index in [1.165, 1.54) is 37.3 Å². The summed E-state index contributed by atoms with van der Waals surface area (Å²) < 4.78 is 53.8. The minimum Gasteiger partial charge on any atom is -0.366 e. The molecule has 0 aliphatic heterocycles. The number of carbonyl (C=O) groups excluding carboxylic acids is 1. The van der Waals surface area contributed by atoms with E-state index < -0.39 is 23.8 Å². The number of hydrogen-bond donors (Lipinski definition) is 1. The molecule has 2 N–H and O–H groups in total. The molecule has 25 heavy (non-hydrogen) atoms. The lowest BCUT2D eigenvalue weighted by atomic mass is 9.95. The second-order valence-electron chi connectivity index (χ2n) is 5.49. The first kappa shape index (κ1) is 19.2. The maximum absolute atomic E-state index is 13.4. The van der Waals surface area contributed by atoms with Gasteiger partial charge >= 0.3 is 6.18 Å². The van der Waals surface area contributed by atoms with Crippen molar-refractivity contribution < 1.29 is 22.4 Å². The highest BCUT2D eigenvalue weighted by molar-refractivity contribution is 9.10. The molecule has 132 valence electrons. The minimum atomic E-state index is -4.52. The normalized spacial score (nSPS) is 13.2. The summed E-state index contributed by atoms with van der Waals surface area (Å²) >= 11 is 3.16. The van der Waals surface area contributed by atoms with E-state index in [9.17, 15) is 22.4 Å². The van der Waals surface area contributed by atoms with E-state index in [1.54, 1.807) is 0 Å². The number of aryl methyl sites for hydroxylation is 1. The maximum atomic E-state index is 13.4. The summed E-state index contributed by atoms with van der Waals surface area (Å²) in [5, 5.41) is 0. The fourth-order valence-corrected chi connectivity index (χ4v) is 2.90. The van der Waals surface area contributed by atoms with Gasteiger partial charge in [0.05, 0.1) is 11.5 Å². The van der Waals surface area contributed by atoms with Crippen LogP contribution in [0.4, 0.5) is 17.6 Å². The first-order chi connectivity index (χ1) is 11.6. The standard InChI is InChI=1S/C18H14BrF4NO/c1-10-8-12(4-7-16(10)20)14(18(21,22)23)6-3-11-2-5-13(17(24)25)15(19)9-11/h2-9,14H,1H3,(H2,24,25)/b6-3+. The van der Waals surface area contributed by atoms with Crippen molar-refractivity contribution in [3.63, 3.8) is 0 Å². The van der Waals surface area contributed by atoms with Gasteiger partial charge in [0.1, 0.15) is 5.82 Å². The lowest BCUT2D eigenvalue weighted by Gasteiger charge is -2.18. The van der Waals surface area contributed by atoms with Crippen LogP contribution in [0.3, 0.4) is 0 Å². The molecular formula is C18H14BrF4NO. The molecule has 2 aromatic rings. The van der Waals surface area contributed by atoms with Crippen LogP contribution in [0.5, 0.6) is 0 Å². The molecule has 2 nitrogen and oxygen atoms in total. The number of rotatable bonds is 4. The molecule has 0 fully saturated rings. The van der Waals surface area contributed by atoms with Gasteiger partial charge in [0, 0.05) is 4.47 Å². The van der Waals surface area contributed by atoms with Gasteiger partial charge in [-0.2, -0.15) is 13.2 Å². The quantitative estimate of drug-likeness (QED) is 0.671. The molecule has 1 unspecified atom stereocenters. The van der Waals surface area contributed by atoms with E-state index in [2.05, 4.69) is 15.9 Å². The number of amides is 1. The van der Waals surface area contributed by atoms with Crippen LogP contribution in [0.1, 0.15) is 33.0 Å². The maximum Gasteiger partial charge on any atom is 0.399 e. The molecule has 0 saturated heterocycles. The Morgan fingerprint density at radius 2 is 1.88 bits per heavy atom. The van der Waals surface area contributed by atoms with E-state index in [1.807, 2.05) is 0 Å². The van der Waals surface area contributed by atoms with Gasteiger partial charge in [-0.3, -0.25) is 4.79 Å². The monoisotopic (exact) mass is 415 g/mol. The molecule has 1 amide bonds. The molecule has 7 heteroatoms. The zero-order chi connectivity index (χ0) is 18.8. The Hall–Kier alpha value is -2.15. The second-order valence-corrected chi connectivity index (χ2v) is 6.34. The van der Waals surface area contributed by atoms with Crippen molar-refractivity contribution in [2.24, 2.45) is 5.73 Å². The van der Waals surface area contributed by atoms with Gasteiger partial charge in [0.2, 0.25) is 5.91 Å². The topological polar surface area (TPSA) is 43.1 Å². The Labute approximate surface area is 150 Å². The Balaban J connectivity index is 2.37. The van der Waals surface area contributed by atoms with Crippen molar-refractivity contribution in [2.45, 2.75) is 19.0 Å². The summed E-state index contributed by atoms with van der Waals surface area (Å²) in [4.78, 5) is 11.2. The summed E-state index contributed by atoms with van der Waals surface area (Å²) in [6.07, 6.45) is -2.23. The van der Waals surface area contributed by atoms with Crippen LogP contribution in [0.2, 0.25) is 0 Å². The van der Waals surface area contributed by atoms with Gasteiger partial charge in [0.25, 0.3) is 0 Å². The molecule has 0 aliphatic carbocycles. The third kappa shape index (κ3) is 4.69. The number of nitrogens with two attached hydrogens (primary N) is 1. The molecule has 1 atom stereocenters. The van der Waals surface area contributed by atoms with Gasteiger partial charge in [-0.25, -0.2) is 4.39 Å². The van der Waals surface area contributed by atoms with E-state index in [0.717, 1.165) is 18.2 Å². The van der Waals surface area contributed by atoms with Crippen LogP contribution >= 0.6 is 15.9 Å². The highest BCUT2D eigenvalue weighted by Gasteiger charge is 2.39. The van der Waals surface area contributed by atoms with Crippen molar-refractivity contribution in [3.8, 4) is 0 Å². The van der Waals surface area contributed by atoms with Crippen molar-refractivity contribution in [1.82, 2.24) is 0 Å². The zero-order valence-electron chi connectivity index (χ0n) is 13.1. The molecule has 2 rings (SSSR count). The van der Waals surface area contributed by atoms with Gasteiger partial charge in [-0.05, 0) is 57.7 Å². The number of alkyl halides is 3. The predicted octanol–water partition coefficient (Wildman–Crippen LogP) is 5.35. The molecule has 2 aromatic carbocycles. The smallest absolute Gasteiger partial charge is 0.366 e. The number of hydrogen-bond acceptors (Lipinski definition) is 1. The third-order valence-electron chi connectivity index (χ3n) is 3.63. The van der Waals surface area contributed by atoms with Crippen molar-refractivity contribution in [2.75, 3.05) is 0 Å². The van der Waals surface area contributed by atoms with E-state index in [-0.39, 0.29) is 16.7 Å². The Morgan fingerprint density at radius 1 is 1.20 bits per heavy atom. The van der Waals surface area contributed by atoms with Crippen LogP contribution in [0.25, 0.3) is 6.08 Å². The van der Waals surface area contributed by atoms with E-state index in [4.69, 9.17) is 5.73 Å². The zero-order valence-corrected chi connectivity index (χ0v) is 14.7. The fraction of sp³-hybridized carbons (Fsp3) is 0.167. The first-order valence-corrected chi connectivity index (χ1v) is 7.99. The average molecular weight is 416 g/mol. The number of primary amides is 1. The van der Waals surface area contributed by atoms with Crippen LogP contribution in [0, 0.1) is 12.7 Å².